The zero-order valence-corrected chi connectivity index (χ0v) is 12.3. The predicted molar refractivity (Wildman–Crippen MR) is 72.0 cm³/mol. The number of aromatic nitrogens is 2. The Kier molecular flexibility index (Phi) is 4.02. The van der Waals surface area contributed by atoms with Gasteiger partial charge in [-0.2, -0.15) is 0 Å². The molecular formula is C10H6BrClFN3O2S. The van der Waals surface area contributed by atoms with Crippen molar-refractivity contribution >= 4 is 43.4 Å². The molecule has 0 saturated heterocycles. The monoisotopic (exact) mass is 365 g/mol. The van der Waals surface area contributed by atoms with Gasteiger partial charge in [0.2, 0.25) is 0 Å². The molecule has 0 aliphatic rings. The van der Waals surface area contributed by atoms with Crippen molar-refractivity contribution in [2.75, 3.05) is 4.72 Å². The summed E-state index contributed by atoms with van der Waals surface area (Å²) in [5.41, 5.74) is 0. The van der Waals surface area contributed by atoms with Crippen LogP contribution in [0.3, 0.4) is 0 Å². The van der Waals surface area contributed by atoms with Crippen LogP contribution >= 0.6 is 27.5 Å². The summed E-state index contributed by atoms with van der Waals surface area (Å²) in [6.07, 6.45) is 2.48. The highest BCUT2D eigenvalue weighted by molar-refractivity contribution is 9.10. The van der Waals surface area contributed by atoms with Crippen LogP contribution in [0.2, 0.25) is 5.15 Å². The number of hydrogen-bond donors (Lipinski definition) is 1. The number of halogens is 3. The molecule has 0 aliphatic heterocycles. The van der Waals surface area contributed by atoms with Crippen molar-refractivity contribution in [3.05, 3.63) is 46.0 Å². The van der Waals surface area contributed by atoms with Crippen molar-refractivity contribution in [1.29, 1.82) is 0 Å². The van der Waals surface area contributed by atoms with E-state index in [9.17, 15) is 12.8 Å². The second kappa shape index (κ2) is 5.40. The van der Waals surface area contributed by atoms with Crippen molar-refractivity contribution in [2.45, 2.75) is 4.90 Å². The van der Waals surface area contributed by atoms with Crippen molar-refractivity contribution in [3.8, 4) is 0 Å². The molecule has 0 aliphatic carbocycles. The van der Waals surface area contributed by atoms with Gasteiger partial charge in [0.1, 0.15) is 15.9 Å². The highest BCUT2D eigenvalue weighted by Crippen LogP contribution is 2.24. The number of nitrogens with zero attached hydrogens (tertiary/aromatic N) is 2. The van der Waals surface area contributed by atoms with Gasteiger partial charge in [0.15, 0.2) is 5.82 Å². The van der Waals surface area contributed by atoms with E-state index in [1.807, 2.05) is 0 Å². The summed E-state index contributed by atoms with van der Waals surface area (Å²) in [6, 6.07) is 3.24. The zero-order valence-electron chi connectivity index (χ0n) is 9.14. The van der Waals surface area contributed by atoms with E-state index in [0.717, 1.165) is 18.2 Å². The minimum atomic E-state index is -3.90. The van der Waals surface area contributed by atoms with Crippen molar-refractivity contribution in [1.82, 2.24) is 9.97 Å². The molecule has 19 heavy (non-hydrogen) atoms. The van der Waals surface area contributed by atoms with E-state index in [-0.39, 0.29) is 20.3 Å². The van der Waals surface area contributed by atoms with Crippen molar-refractivity contribution in [2.24, 2.45) is 0 Å². The van der Waals surface area contributed by atoms with Gasteiger partial charge in [-0.05, 0) is 34.1 Å². The molecule has 100 valence electrons. The number of hydrogen-bond acceptors (Lipinski definition) is 4. The van der Waals surface area contributed by atoms with Gasteiger partial charge in [0, 0.05) is 4.47 Å². The van der Waals surface area contributed by atoms with Crippen LogP contribution in [0.1, 0.15) is 0 Å². The first kappa shape index (κ1) is 14.2. The summed E-state index contributed by atoms with van der Waals surface area (Å²) in [5.74, 6) is -0.572. The van der Waals surface area contributed by atoms with Gasteiger partial charge in [-0.1, -0.05) is 11.6 Å². The van der Waals surface area contributed by atoms with E-state index >= 15 is 0 Å². The summed E-state index contributed by atoms with van der Waals surface area (Å²) in [7, 11) is -3.90. The Morgan fingerprint density at radius 2 is 2.05 bits per heavy atom. The largest absolute Gasteiger partial charge is 0.264 e. The van der Waals surface area contributed by atoms with E-state index in [4.69, 9.17) is 11.6 Å². The Morgan fingerprint density at radius 3 is 2.68 bits per heavy atom. The summed E-state index contributed by atoms with van der Waals surface area (Å²) in [4.78, 5) is 7.34. The fourth-order valence-electron chi connectivity index (χ4n) is 1.28. The molecular weight excluding hydrogens is 361 g/mol. The van der Waals surface area contributed by atoms with E-state index in [2.05, 4.69) is 30.6 Å². The van der Waals surface area contributed by atoms with Crippen molar-refractivity contribution in [3.63, 3.8) is 0 Å². The standard InChI is InChI=1S/C10H6BrClFN3O2S/c11-7-3-6(13)1-2-8(7)19(17,18)16-10-5-14-4-9(12)15-10/h1-5H,(H,15,16). The topological polar surface area (TPSA) is 72.0 Å². The third-order valence-electron chi connectivity index (χ3n) is 2.03. The van der Waals surface area contributed by atoms with Crippen LogP contribution in [0.5, 0.6) is 0 Å². The van der Waals surface area contributed by atoms with Gasteiger partial charge in [-0.25, -0.2) is 17.8 Å². The smallest absolute Gasteiger partial charge is 0.262 e. The van der Waals surface area contributed by atoms with Crippen LogP contribution < -0.4 is 4.72 Å². The molecule has 0 unspecified atom stereocenters. The number of nitrogens with one attached hydrogen (secondary N) is 1. The highest BCUT2D eigenvalue weighted by Gasteiger charge is 2.19. The van der Waals surface area contributed by atoms with Crippen LogP contribution in [-0.2, 0) is 10.0 Å². The van der Waals surface area contributed by atoms with E-state index in [0.29, 0.717) is 0 Å². The minimum Gasteiger partial charge on any atom is -0.262 e. The fraction of sp³-hybridized carbons (Fsp3) is 0. The Labute approximate surface area is 122 Å². The fourth-order valence-corrected chi connectivity index (χ4v) is 3.46. The molecule has 0 radical (unpaired) electrons. The first-order valence-corrected chi connectivity index (χ1v) is 7.49. The quantitative estimate of drug-likeness (QED) is 0.906. The molecule has 9 heteroatoms. The van der Waals surface area contributed by atoms with Gasteiger partial charge >= 0.3 is 0 Å². The van der Waals surface area contributed by atoms with Gasteiger partial charge in [0.05, 0.1) is 12.4 Å². The van der Waals surface area contributed by atoms with Crippen LogP contribution in [0.15, 0.2) is 40.0 Å². The molecule has 0 saturated carbocycles. The molecule has 1 aromatic heterocycles. The molecule has 1 heterocycles. The van der Waals surface area contributed by atoms with Crippen LogP contribution in [0.25, 0.3) is 0 Å². The lowest BCUT2D eigenvalue weighted by atomic mass is 10.3. The molecule has 1 N–H and O–H groups in total. The second-order valence-corrected chi connectivity index (χ2v) is 6.30. The first-order valence-electron chi connectivity index (χ1n) is 4.84. The Balaban J connectivity index is 2.38. The lowest BCUT2D eigenvalue weighted by Crippen LogP contribution is -2.14. The minimum absolute atomic E-state index is 0.0243. The maximum atomic E-state index is 12.9. The van der Waals surface area contributed by atoms with Crippen molar-refractivity contribution < 1.29 is 12.8 Å². The Morgan fingerprint density at radius 1 is 1.32 bits per heavy atom. The SMILES string of the molecule is O=S(=O)(Nc1cncc(Cl)n1)c1ccc(F)cc1Br. The third kappa shape index (κ3) is 3.40. The van der Waals surface area contributed by atoms with Gasteiger partial charge in [-0.15, -0.1) is 0 Å². The normalized spacial score (nSPS) is 11.3. The van der Waals surface area contributed by atoms with E-state index in [1.54, 1.807) is 0 Å². The molecule has 0 fully saturated rings. The van der Waals surface area contributed by atoms with Gasteiger partial charge in [0.25, 0.3) is 10.0 Å². The zero-order chi connectivity index (χ0) is 14.0. The lowest BCUT2D eigenvalue weighted by Gasteiger charge is -2.08. The summed E-state index contributed by atoms with van der Waals surface area (Å²) in [5, 5.41) is 0.0540. The van der Waals surface area contributed by atoms with E-state index < -0.39 is 15.8 Å². The maximum absolute atomic E-state index is 12.9. The Hall–Kier alpha value is -1.25. The molecule has 5 nitrogen and oxygen atoms in total. The molecule has 0 spiro atoms. The molecule has 0 bridgehead atoms. The molecule has 2 aromatic rings. The van der Waals surface area contributed by atoms with Crippen LogP contribution in [0, 0.1) is 5.82 Å². The number of sulfonamides is 1. The summed E-state index contributed by atoms with van der Waals surface area (Å²) < 4.78 is 39.4. The average Bonchev–Trinajstić information content (AvgIpc) is 2.27. The Bertz CT molecular complexity index is 726. The average molecular weight is 367 g/mol. The lowest BCUT2D eigenvalue weighted by molar-refractivity contribution is 0.598. The maximum Gasteiger partial charge on any atom is 0.264 e. The van der Waals surface area contributed by atoms with E-state index in [1.165, 1.54) is 12.4 Å². The number of anilines is 1. The second-order valence-electron chi connectivity index (χ2n) is 3.41. The first-order chi connectivity index (χ1) is 8.88. The third-order valence-corrected chi connectivity index (χ3v) is 4.54. The molecule has 2 rings (SSSR count). The number of benzene rings is 1. The van der Waals surface area contributed by atoms with Gasteiger partial charge in [-0.3, -0.25) is 9.71 Å². The summed E-state index contributed by atoms with van der Waals surface area (Å²) in [6.45, 7) is 0. The van der Waals surface area contributed by atoms with Crippen LogP contribution in [-0.4, -0.2) is 18.4 Å². The number of rotatable bonds is 3. The molecule has 1 aromatic carbocycles. The molecule has 0 atom stereocenters. The van der Waals surface area contributed by atoms with Gasteiger partial charge < -0.3 is 0 Å². The predicted octanol–water partition coefficient (Wildman–Crippen LogP) is 2.83. The summed E-state index contributed by atoms with van der Waals surface area (Å²) >= 11 is 8.59. The molecule has 0 amide bonds. The highest BCUT2D eigenvalue weighted by atomic mass is 79.9. The van der Waals surface area contributed by atoms with Crippen LogP contribution in [0.4, 0.5) is 10.2 Å².